The zero-order chi connectivity index (χ0) is 13.8. The first-order chi connectivity index (χ1) is 9.08. The van der Waals surface area contributed by atoms with E-state index in [4.69, 9.17) is 0 Å². The third-order valence-corrected chi connectivity index (χ3v) is 4.10. The fourth-order valence-corrected chi connectivity index (χ4v) is 3.54. The lowest BCUT2D eigenvalue weighted by Crippen LogP contribution is -2.04. The normalized spacial score (nSPS) is 10.3. The van der Waals surface area contributed by atoms with Crippen LogP contribution in [0.5, 0.6) is 0 Å². The van der Waals surface area contributed by atoms with E-state index in [0.717, 1.165) is 25.8 Å². The van der Waals surface area contributed by atoms with Crippen molar-refractivity contribution in [3.63, 3.8) is 0 Å². The van der Waals surface area contributed by atoms with Gasteiger partial charge in [0.15, 0.2) is 0 Å². The molecule has 0 aliphatic heterocycles. The summed E-state index contributed by atoms with van der Waals surface area (Å²) < 4.78 is 2.11. The summed E-state index contributed by atoms with van der Waals surface area (Å²) in [7, 11) is 0. The number of aryl methyl sites for hydroxylation is 1. The van der Waals surface area contributed by atoms with Gasteiger partial charge in [0.2, 0.25) is 0 Å². The zero-order valence-corrected chi connectivity index (χ0v) is 13.9. The first-order valence-corrected chi connectivity index (χ1v) is 7.59. The molecule has 0 bridgehead atoms. The Bertz CT molecular complexity index is 568. The maximum atomic E-state index is 4.12. The summed E-state index contributed by atoms with van der Waals surface area (Å²) in [6.45, 7) is 6.91. The lowest BCUT2D eigenvalue weighted by molar-refractivity contribution is 1.31. The molecule has 0 radical (unpaired) electrons. The Labute approximate surface area is 131 Å². The van der Waals surface area contributed by atoms with E-state index in [1.54, 1.807) is 0 Å². The first-order valence-electron chi connectivity index (χ1n) is 6.00. The molecule has 0 aliphatic rings. The molecular weight excluding hydrogens is 366 g/mol. The standard InChI is InChI=1S/C16H15Br2N/c1-11-8-14(17)16(15(18)9-11)19-10-12(2)13-6-4-3-5-7-13/h3-9,19H,2,10H2,1H3. The SMILES string of the molecule is C=C(CNc1c(Br)cc(C)cc1Br)c1ccccc1. The molecule has 0 heterocycles. The van der Waals surface area contributed by atoms with Gasteiger partial charge in [-0.3, -0.25) is 0 Å². The molecule has 0 unspecified atom stereocenters. The average molecular weight is 381 g/mol. The second-order valence-corrected chi connectivity index (χ2v) is 6.14. The summed E-state index contributed by atoms with van der Waals surface area (Å²) in [6, 6.07) is 14.4. The Morgan fingerprint density at radius 1 is 1.11 bits per heavy atom. The summed E-state index contributed by atoms with van der Waals surface area (Å²) >= 11 is 7.16. The van der Waals surface area contributed by atoms with E-state index in [-0.39, 0.29) is 0 Å². The van der Waals surface area contributed by atoms with Crippen molar-refractivity contribution in [1.29, 1.82) is 0 Å². The van der Waals surface area contributed by atoms with Gasteiger partial charge < -0.3 is 5.32 Å². The Hall–Kier alpha value is -1.06. The van der Waals surface area contributed by atoms with E-state index in [1.807, 2.05) is 18.2 Å². The zero-order valence-electron chi connectivity index (χ0n) is 10.7. The Kier molecular flexibility index (Phi) is 4.83. The van der Waals surface area contributed by atoms with Crippen molar-refractivity contribution >= 4 is 43.1 Å². The number of halogens is 2. The predicted octanol–water partition coefficient (Wildman–Crippen LogP) is 5.65. The molecule has 0 saturated heterocycles. The second kappa shape index (κ2) is 6.40. The maximum Gasteiger partial charge on any atom is 0.0631 e. The van der Waals surface area contributed by atoms with Crippen molar-refractivity contribution in [3.05, 3.63) is 69.1 Å². The van der Waals surface area contributed by atoms with Crippen LogP contribution < -0.4 is 5.32 Å². The molecule has 0 spiro atoms. The van der Waals surface area contributed by atoms with Gasteiger partial charge in [-0.2, -0.15) is 0 Å². The molecule has 3 heteroatoms. The van der Waals surface area contributed by atoms with Gasteiger partial charge in [-0.25, -0.2) is 0 Å². The van der Waals surface area contributed by atoms with Crippen molar-refractivity contribution < 1.29 is 0 Å². The second-order valence-electron chi connectivity index (χ2n) is 4.43. The molecule has 1 nitrogen and oxygen atoms in total. The van der Waals surface area contributed by atoms with Crippen LogP contribution in [0.15, 0.2) is 58.0 Å². The monoisotopic (exact) mass is 379 g/mol. The molecule has 0 aliphatic carbocycles. The van der Waals surface area contributed by atoms with Gasteiger partial charge in [0.25, 0.3) is 0 Å². The number of rotatable bonds is 4. The van der Waals surface area contributed by atoms with E-state index in [2.05, 4.69) is 74.9 Å². The largest absolute Gasteiger partial charge is 0.379 e. The first kappa shape index (κ1) is 14.4. The number of hydrogen-bond acceptors (Lipinski definition) is 1. The summed E-state index contributed by atoms with van der Waals surface area (Å²) in [5, 5.41) is 3.41. The van der Waals surface area contributed by atoms with E-state index in [0.29, 0.717) is 6.54 Å². The highest BCUT2D eigenvalue weighted by molar-refractivity contribution is 9.11. The topological polar surface area (TPSA) is 12.0 Å². The lowest BCUT2D eigenvalue weighted by Gasteiger charge is -2.13. The van der Waals surface area contributed by atoms with Crippen molar-refractivity contribution in [2.45, 2.75) is 6.92 Å². The van der Waals surface area contributed by atoms with Crippen LogP contribution >= 0.6 is 31.9 Å². The van der Waals surface area contributed by atoms with Crippen molar-refractivity contribution in [2.75, 3.05) is 11.9 Å². The van der Waals surface area contributed by atoms with Gasteiger partial charge in [-0.15, -0.1) is 0 Å². The van der Waals surface area contributed by atoms with Crippen LogP contribution in [-0.2, 0) is 0 Å². The molecule has 2 aromatic carbocycles. The van der Waals surface area contributed by atoms with Gasteiger partial charge in [-0.1, -0.05) is 36.9 Å². The number of nitrogens with one attached hydrogen (secondary N) is 1. The van der Waals surface area contributed by atoms with Crippen LogP contribution in [0.25, 0.3) is 5.57 Å². The summed E-state index contributed by atoms with van der Waals surface area (Å²) in [5.74, 6) is 0. The summed E-state index contributed by atoms with van der Waals surface area (Å²) in [5.41, 5.74) is 4.50. The van der Waals surface area contributed by atoms with Gasteiger partial charge in [-0.05, 0) is 67.6 Å². The molecule has 0 aromatic heterocycles. The minimum atomic E-state index is 0.713. The Morgan fingerprint density at radius 2 is 1.68 bits per heavy atom. The van der Waals surface area contributed by atoms with Crippen LogP contribution in [0.2, 0.25) is 0 Å². The molecular formula is C16H15Br2N. The van der Waals surface area contributed by atoms with Gasteiger partial charge in [0.05, 0.1) is 5.69 Å². The molecule has 0 saturated carbocycles. The highest BCUT2D eigenvalue weighted by Crippen LogP contribution is 2.32. The molecule has 2 rings (SSSR count). The fraction of sp³-hybridized carbons (Fsp3) is 0.125. The minimum absolute atomic E-state index is 0.713. The summed E-state index contributed by atoms with van der Waals surface area (Å²) in [6.07, 6.45) is 0. The quantitative estimate of drug-likeness (QED) is 0.722. The third kappa shape index (κ3) is 3.71. The van der Waals surface area contributed by atoms with Gasteiger partial charge in [0, 0.05) is 15.5 Å². The summed E-state index contributed by atoms with van der Waals surface area (Å²) in [4.78, 5) is 0. The molecule has 2 aromatic rings. The fourth-order valence-electron chi connectivity index (χ4n) is 1.84. The van der Waals surface area contributed by atoms with Crippen LogP contribution in [0, 0.1) is 6.92 Å². The highest BCUT2D eigenvalue weighted by atomic mass is 79.9. The highest BCUT2D eigenvalue weighted by Gasteiger charge is 2.06. The van der Waals surface area contributed by atoms with E-state index in [9.17, 15) is 0 Å². The van der Waals surface area contributed by atoms with E-state index < -0.39 is 0 Å². The number of benzene rings is 2. The average Bonchev–Trinajstić information content (AvgIpc) is 2.38. The van der Waals surface area contributed by atoms with Gasteiger partial charge in [0.1, 0.15) is 0 Å². The molecule has 0 amide bonds. The third-order valence-electron chi connectivity index (χ3n) is 2.85. The van der Waals surface area contributed by atoms with E-state index in [1.165, 1.54) is 5.56 Å². The molecule has 19 heavy (non-hydrogen) atoms. The Morgan fingerprint density at radius 3 is 2.26 bits per heavy atom. The van der Waals surface area contributed by atoms with Crippen molar-refractivity contribution in [2.24, 2.45) is 0 Å². The van der Waals surface area contributed by atoms with Crippen LogP contribution in [0.3, 0.4) is 0 Å². The van der Waals surface area contributed by atoms with Crippen LogP contribution in [0.4, 0.5) is 5.69 Å². The smallest absolute Gasteiger partial charge is 0.0631 e. The van der Waals surface area contributed by atoms with Crippen molar-refractivity contribution in [1.82, 2.24) is 0 Å². The van der Waals surface area contributed by atoms with Crippen LogP contribution in [-0.4, -0.2) is 6.54 Å². The van der Waals surface area contributed by atoms with E-state index >= 15 is 0 Å². The maximum absolute atomic E-state index is 4.12. The van der Waals surface area contributed by atoms with Crippen LogP contribution in [0.1, 0.15) is 11.1 Å². The molecule has 0 fully saturated rings. The molecule has 98 valence electrons. The number of anilines is 1. The van der Waals surface area contributed by atoms with Gasteiger partial charge >= 0.3 is 0 Å². The minimum Gasteiger partial charge on any atom is -0.379 e. The van der Waals surface area contributed by atoms with Crippen molar-refractivity contribution in [3.8, 4) is 0 Å². The lowest BCUT2D eigenvalue weighted by atomic mass is 10.1. The molecule has 1 N–H and O–H groups in total. The Balaban J connectivity index is 2.10. The number of hydrogen-bond donors (Lipinski definition) is 1. The predicted molar refractivity (Wildman–Crippen MR) is 90.5 cm³/mol. The molecule has 0 atom stereocenters.